The largest absolute Gasteiger partial charge is 0.335 e. The number of hydrogen-bond acceptors (Lipinski definition) is 6. The van der Waals surface area contributed by atoms with Crippen molar-refractivity contribution in [3.05, 3.63) is 53.6 Å². The van der Waals surface area contributed by atoms with Crippen LogP contribution in [0.3, 0.4) is 0 Å². The lowest BCUT2D eigenvalue weighted by Crippen LogP contribution is -2.47. The molecule has 0 atom stereocenters. The first-order chi connectivity index (χ1) is 16.5. The Morgan fingerprint density at radius 3 is 2.76 bits per heavy atom. The number of aromatic amines is 2. The maximum absolute atomic E-state index is 12.9. The molecule has 0 bridgehead atoms. The van der Waals surface area contributed by atoms with Gasteiger partial charge in [-0.2, -0.15) is 5.10 Å². The number of aromatic nitrogens is 5. The standard InChI is InChI=1S/C25H30N8O/c1-4-26-12-18-13-27-14-20(16(18)2)17-5-6-21-19(11-17)23(31-30-21)24-28-15-22(29-24)25(34)33-9-7-32(3)8-10-33/h5-6,11,13-15,26H,4,7-10,12H2,1-3H3,(H,28,29)(H,30,31). The summed E-state index contributed by atoms with van der Waals surface area (Å²) in [5.41, 5.74) is 6.65. The Hall–Kier alpha value is -3.56. The van der Waals surface area contributed by atoms with Crippen molar-refractivity contribution in [2.45, 2.75) is 20.4 Å². The SMILES string of the molecule is CCNCc1cncc(-c2ccc3[nH]nc(-c4ncc(C(=O)N5CCN(C)CC5)[nH]4)c3c2)c1C. The van der Waals surface area contributed by atoms with Gasteiger partial charge in [-0.1, -0.05) is 13.0 Å². The number of likely N-dealkylation sites (N-methyl/N-ethyl adjacent to an activating group) is 1. The smallest absolute Gasteiger partial charge is 0.272 e. The predicted molar refractivity (Wildman–Crippen MR) is 132 cm³/mol. The zero-order valence-corrected chi connectivity index (χ0v) is 19.9. The molecule has 34 heavy (non-hydrogen) atoms. The molecule has 4 aromatic rings. The molecule has 1 fully saturated rings. The normalized spacial score (nSPS) is 14.7. The number of nitrogens with zero attached hydrogens (tertiary/aromatic N) is 5. The fraction of sp³-hybridized carbons (Fsp3) is 0.360. The molecule has 1 aromatic carbocycles. The van der Waals surface area contributed by atoms with Crippen molar-refractivity contribution in [3.63, 3.8) is 0 Å². The number of fused-ring (bicyclic) bond motifs is 1. The monoisotopic (exact) mass is 458 g/mol. The maximum Gasteiger partial charge on any atom is 0.272 e. The van der Waals surface area contributed by atoms with E-state index in [4.69, 9.17) is 0 Å². The predicted octanol–water partition coefficient (Wildman–Crippen LogP) is 2.82. The second kappa shape index (κ2) is 9.36. The summed E-state index contributed by atoms with van der Waals surface area (Å²) in [5.74, 6) is 0.559. The Kier molecular flexibility index (Phi) is 6.12. The molecule has 1 amide bonds. The van der Waals surface area contributed by atoms with Gasteiger partial charge in [0.05, 0.1) is 11.7 Å². The van der Waals surface area contributed by atoms with Crippen LogP contribution in [0.1, 0.15) is 28.5 Å². The molecule has 0 aliphatic carbocycles. The second-order valence-corrected chi connectivity index (χ2v) is 8.83. The summed E-state index contributed by atoms with van der Waals surface area (Å²) in [7, 11) is 2.07. The molecule has 1 saturated heterocycles. The van der Waals surface area contributed by atoms with Crippen molar-refractivity contribution in [2.75, 3.05) is 39.8 Å². The fourth-order valence-corrected chi connectivity index (χ4v) is 4.39. The Morgan fingerprint density at radius 2 is 1.97 bits per heavy atom. The van der Waals surface area contributed by atoms with Gasteiger partial charge in [0.1, 0.15) is 11.4 Å². The van der Waals surface area contributed by atoms with Crippen LogP contribution in [0.25, 0.3) is 33.5 Å². The number of carbonyl (C=O) groups excluding carboxylic acids is 1. The van der Waals surface area contributed by atoms with Crippen LogP contribution in [-0.2, 0) is 6.54 Å². The zero-order chi connectivity index (χ0) is 23.7. The van der Waals surface area contributed by atoms with Crippen LogP contribution in [0.2, 0.25) is 0 Å². The molecule has 0 radical (unpaired) electrons. The van der Waals surface area contributed by atoms with E-state index in [9.17, 15) is 4.79 Å². The molecule has 4 heterocycles. The molecule has 0 saturated carbocycles. The third-order valence-electron chi connectivity index (χ3n) is 6.58. The molecule has 3 aromatic heterocycles. The number of benzene rings is 1. The highest BCUT2D eigenvalue weighted by Crippen LogP contribution is 2.31. The highest BCUT2D eigenvalue weighted by molar-refractivity contribution is 5.96. The van der Waals surface area contributed by atoms with Gasteiger partial charge < -0.3 is 20.1 Å². The molecular weight excluding hydrogens is 428 g/mol. The summed E-state index contributed by atoms with van der Waals surface area (Å²) >= 11 is 0. The highest BCUT2D eigenvalue weighted by atomic mass is 16.2. The molecule has 9 nitrogen and oxygen atoms in total. The Morgan fingerprint density at radius 1 is 1.15 bits per heavy atom. The molecule has 3 N–H and O–H groups in total. The molecule has 0 unspecified atom stereocenters. The highest BCUT2D eigenvalue weighted by Gasteiger charge is 2.23. The minimum atomic E-state index is -0.0217. The van der Waals surface area contributed by atoms with E-state index in [1.807, 2.05) is 23.4 Å². The number of piperazine rings is 1. The van der Waals surface area contributed by atoms with Gasteiger partial charge in [0.2, 0.25) is 0 Å². The summed E-state index contributed by atoms with van der Waals surface area (Å²) < 4.78 is 0. The number of imidazole rings is 1. The third-order valence-corrected chi connectivity index (χ3v) is 6.58. The molecule has 1 aliphatic rings. The van der Waals surface area contributed by atoms with Gasteiger partial charge in [-0.05, 0) is 49.3 Å². The van der Waals surface area contributed by atoms with E-state index in [1.54, 1.807) is 6.20 Å². The molecule has 176 valence electrons. The van der Waals surface area contributed by atoms with Crippen LogP contribution < -0.4 is 5.32 Å². The van der Waals surface area contributed by atoms with E-state index < -0.39 is 0 Å². The lowest BCUT2D eigenvalue weighted by molar-refractivity contribution is 0.0659. The van der Waals surface area contributed by atoms with Crippen LogP contribution in [-0.4, -0.2) is 80.6 Å². The lowest BCUT2D eigenvalue weighted by Gasteiger charge is -2.32. The van der Waals surface area contributed by atoms with E-state index in [0.29, 0.717) is 17.2 Å². The average molecular weight is 459 g/mol. The number of H-pyrrole nitrogens is 2. The van der Waals surface area contributed by atoms with Crippen LogP contribution in [0.5, 0.6) is 0 Å². The number of rotatable bonds is 6. The van der Waals surface area contributed by atoms with Crippen LogP contribution in [0.15, 0.2) is 36.8 Å². The van der Waals surface area contributed by atoms with E-state index in [-0.39, 0.29) is 5.91 Å². The third kappa shape index (κ3) is 4.20. The number of nitrogens with one attached hydrogen (secondary N) is 3. The molecule has 0 spiro atoms. The van der Waals surface area contributed by atoms with Gasteiger partial charge in [0.25, 0.3) is 5.91 Å². The summed E-state index contributed by atoms with van der Waals surface area (Å²) in [6.45, 7) is 9.13. The minimum Gasteiger partial charge on any atom is -0.335 e. The van der Waals surface area contributed by atoms with Gasteiger partial charge in [-0.25, -0.2) is 4.98 Å². The summed E-state index contributed by atoms with van der Waals surface area (Å²) in [6, 6.07) is 6.21. The van der Waals surface area contributed by atoms with E-state index >= 15 is 0 Å². The van der Waals surface area contributed by atoms with Gasteiger partial charge in [-0.15, -0.1) is 0 Å². The van der Waals surface area contributed by atoms with E-state index in [1.165, 1.54) is 11.1 Å². The van der Waals surface area contributed by atoms with Gasteiger partial charge >= 0.3 is 0 Å². The first-order valence-electron chi connectivity index (χ1n) is 11.7. The Labute approximate surface area is 198 Å². The van der Waals surface area contributed by atoms with Crippen LogP contribution >= 0.6 is 0 Å². The van der Waals surface area contributed by atoms with E-state index in [0.717, 1.165) is 61.3 Å². The number of hydrogen-bond donors (Lipinski definition) is 3. The summed E-state index contributed by atoms with van der Waals surface area (Å²) in [6.07, 6.45) is 5.44. The quantitative estimate of drug-likeness (QED) is 0.410. The maximum atomic E-state index is 12.9. The fourth-order valence-electron chi connectivity index (χ4n) is 4.39. The molecular formula is C25H30N8O. The summed E-state index contributed by atoms with van der Waals surface area (Å²) in [4.78, 5) is 29.2. The van der Waals surface area contributed by atoms with Crippen LogP contribution in [0.4, 0.5) is 0 Å². The number of carbonyl (C=O) groups is 1. The lowest BCUT2D eigenvalue weighted by atomic mass is 9.98. The van der Waals surface area contributed by atoms with Crippen molar-refractivity contribution in [1.29, 1.82) is 0 Å². The van der Waals surface area contributed by atoms with E-state index in [2.05, 4.69) is 68.4 Å². The topological polar surface area (TPSA) is 106 Å². The second-order valence-electron chi connectivity index (χ2n) is 8.83. The van der Waals surface area contributed by atoms with Crippen molar-refractivity contribution < 1.29 is 4.79 Å². The van der Waals surface area contributed by atoms with Gasteiger partial charge in [-0.3, -0.25) is 14.9 Å². The van der Waals surface area contributed by atoms with Crippen molar-refractivity contribution in [1.82, 2.24) is 40.3 Å². The minimum absolute atomic E-state index is 0.0217. The number of amides is 1. The van der Waals surface area contributed by atoms with Crippen molar-refractivity contribution >= 4 is 16.8 Å². The average Bonchev–Trinajstić information content (AvgIpc) is 3.50. The van der Waals surface area contributed by atoms with Gasteiger partial charge in [0.15, 0.2) is 5.82 Å². The molecule has 9 heteroatoms. The first kappa shape index (κ1) is 22.2. The Bertz CT molecular complexity index is 1320. The first-order valence-corrected chi connectivity index (χ1v) is 11.7. The zero-order valence-electron chi connectivity index (χ0n) is 19.9. The van der Waals surface area contributed by atoms with Crippen molar-refractivity contribution in [3.8, 4) is 22.6 Å². The van der Waals surface area contributed by atoms with Gasteiger partial charge in [0, 0.05) is 56.1 Å². The van der Waals surface area contributed by atoms with Crippen molar-refractivity contribution in [2.24, 2.45) is 0 Å². The molecule has 5 rings (SSSR count). The Balaban J connectivity index is 1.45. The number of pyridine rings is 1. The van der Waals surface area contributed by atoms with Crippen LogP contribution in [0, 0.1) is 6.92 Å². The molecule has 1 aliphatic heterocycles. The summed E-state index contributed by atoms with van der Waals surface area (Å²) in [5, 5.41) is 11.9.